The number of aromatic nitrogens is 2. The van der Waals surface area contributed by atoms with Crippen molar-refractivity contribution < 1.29 is 4.79 Å². The largest absolute Gasteiger partial charge is 0.349 e. The van der Waals surface area contributed by atoms with Crippen LogP contribution in [0.3, 0.4) is 0 Å². The highest BCUT2D eigenvalue weighted by molar-refractivity contribution is 5.93. The van der Waals surface area contributed by atoms with Crippen molar-refractivity contribution in [1.82, 2.24) is 15.5 Å². The average Bonchev–Trinajstić information content (AvgIpc) is 2.69. The summed E-state index contributed by atoms with van der Waals surface area (Å²) in [6.45, 7) is 4.20. The number of carbonyl (C=O) groups is 1. The molecule has 0 aliphatic heterocycles. The Kier molecular flexibility index (Phi) is 4.16. The summed E-state index contributed by atoms with van der Waals surface area (Å²) in [5.41, 5.74) is 0.597. The summed E-state index contributed by atoms with van der Waals surface area (Å²) in [7, 11) is 0. The lowest BCUT2D eigenvalue weighted by Crippen LogP contribution is -2.33. The Morgan fingerprint density at radius 3 is 2.93 bits per heavy atom. The molecule has 1 atom stereocenters. The molecule has 1 aromatic heterocycles. The Morgan fingerprint density at radius 1 is 1.64 bits per heavy atom. The molecule has 14 heavy (non-hydrogen) atoms. The van der Waals surface area contributed by atoms with E-state index in [1.165, 1.54) is 6.20 Å². The third kappa shape index (κ3) is 2.87. The van der Waals surface area contributed by atoms with Crippen molar-refractivity contribution in [2.45, 2.75) is 39.2 Å². The lowest BCUT2D eigenvalue weighted by molar-refractivity contribution is 0.0934. The van der Waals surface area contributed by atoms with Crippen LogP contribution in [0, 0.1) is 0 Å². The van der Waals surface area contributed by atoms with Gasteiger partial charge in [0.15, 0.2) is 0 Å². The minimum atomic E-state index is -0.0425. The molecule has 0 spiro atoms. The first-order valence-electron chi connectivity index (χ1n) is 5.07. The fraction of sp³-hybridized carbons (Fsp3) is 0.600. The number of carbonyl (C=O) groups excluding carboxylic acids is 1. The predicted octanol–water partition coefficient (Wildman–Crippen LogP) is 1.72. The average molecular weight is 195 g/mol. The highest BCUT2D eigenvalue weighted by atomic mass is 16.1. The Morgan fingerprint density at radius 2 is 2.43 bits per heavy atom. The molecule has 4 heteroatoms. The number of nitrogens with one attached hydrogen (secondary N) is 2. The van der Waals surface area contributed by atoms with Gasteiger partial charge < -0.3 is 5.32 Å². The van der Waals surface area contributed by atoms with E-state index in [0.717, 1.165) is 19.3 Å². The molecular weight excluding hydrogens is 178 g/mol. The molecule has 0 aliphatic rings. The van der Waals surface area contributed by atoms with Crippen LogP contribution < -0.4 is 5.32 Å². The second-order valence-corrected chi connectivity index (χ2v) is 3.35. The predicted molar refractivity (Wildman–Crippen MR) is 55.0 cm³/mol. The zero-order chi connectivity index (χ0) is 10.4. The first-order valence-corrected chi connectivity index (χ1v) is 5.07. The van der Waals surface area contributed by atoms with Gasteiger partial charge in [0.1, 0.15) is 0 Å². The van der Waals surface area contributed by atoms with E-state index in [1.54, 1.807) is 6.20 Å². The molecule has 78 valence electrons. The van der Waals surface area contributed by atoms with Gasteiger partial charge in [-0.1, -0.05) is 20.3 Å². The third-order valence-electron chi connectivity index (χ3n) is 2.23. The van der Waals surface area contributed by atoms with Crippen molar-refractivity contribution in [2.75, 3.05) is 0 Å². The van der Waals surface area contributed by atoms with Gasteiger partial charge in [-0.2, -0.15) is 5.10 Å². The highest BCUT2D eigenvalue weighted by Gasteiger charge is 2.11. The Bertz CT molecular complexity index is 269. The molecule has 0 aliphatic carbocycles. The number of hydrogen-bond acceptors (Lipinski definition) is 2. The number of amides is 1. The molecule has 0 bridgehead atoms. The Labute approximate surface area is 84.1 Å². The molecule has 0 aromatic carbocycles. The second-order valence-electron chi connectivity index (χ2n) is 3.35. The molecule has 1 heterocycles. The molecular formula is C10H17N3O. The van der Waals surface area contributed by atoms with Crippen LogP contribution in [0.1, 0.15) is 43.5 Å². The van der Waals surface area contributed by atoms with Crippen LogP contribution in [0.4, 0.5) is 0 Å². The van der Waals surface area contributed by atoms with Gasteiger partial charge in [0.2, 0.25) is 0 Å². The molecule has 1 unspecified atom stereocenters. The molecule has 1 aromatic rings. The van der Waals surface area contributed by atoms with E-state index in [2.05, 4.69) is 29.4 Å². The van der Waals surface area contributed by atoms with Gasteiger partial charge >= 0.3 is 0 Å². The van der Waals surface area contributed by atoms with Crippen molar-refractivity contribution in [3.05, 3.63) is 18.0 Å². The van der Waals surface area contributed by atoms with Crippen molar-refractivity contribution in [3.63, 3.8) is 0 Å². The maximum Gasteiger partial charge on any atom is 0.254 e. The van der Waals surface area contributed by atoms with Gasteiger partial charge in [-0.15, -0.1) is 0 Å². The summed E-state index contributed by atoms with van der Waals surface area (Å²) in [6, 6.07) is 0.280. The number of H-pyrrole nitrogens is 1. The summed E-state index contributed by atoms with van der Waals surface area (Å²) in [5, 5.41) is 9.33. The topological polar surface area (TPSA) is 57.8 Å². The normalized spacial score (nSPS) is 12.4. The standard InChI is InChI=1S/C10H17N3O/c1-3-5-9(4-2)13-10(14)8-6-11-12-7-8/h6-7,9H,3-5H2,1-2H3,(H,11,12)(H,13,14). The van der Waals surface area contributed by atoms with Gasteiger partial charge in [-0.05, 0) is 12.8 Å². The van der Waals surface area contributed by atoms with Crippen molar-refractivity contribution in [1.29, 1.82) is 0 Å². The molecule has 4 nitrogen and oxygen atoms in total. The van der Waals surface area contributed by atoms with Gasteiger partial charge in [-0.25, -0.2) is 0 Å². The molecule has 0 saturated carbocycles. The lowest BCUT2D eigenvalue weighted by atomic mass is 10.1. The van der Waals surface area contributed by atoms with Gasteiger partial charge in [0.05, 0.1) is 11.8 Å². The minimum absolute atomic E-state index is 0.0425. The van der Waals surface area contributed by atoms with Crippen molar-refractivity contribution in [3.8, 4) is 0 Å². The number of nitrogens with zero attached hydrogens (tertiary/aromatic N) is 1. The molecule has 1 rings (SSSR count). The fourth-order valence-electron chi connectivity index (χ4n) is 1.37. The molecule has 1 amide bonds. The van der Waals surface area contributed by atoms with Gasteiger partial charge in [-0.3, -0.25) is 9.89 Å². The summed E-state index contributed by atoms with van der Waals surface area (Å²) < 4.78 is 0. The third-order valence-corrected chi connectivity index (χ3v) is 2.23. The molecule has 0 saturated heterocycles. The highest BCUT2D eigenvalue weighted by Crippen LogP contribution is 2.03. The second kappa shape index (κ2) is 5.42. The van der Waals surface area contributed by atoms with E-state index < -0.39 is 0 Å². The number of rotatable bonds is 5. The first-order chi connectivity index (χ1) is 6.77. The molecule has 0 fully saturated rings. The lowest BCUT2D eigenvalue weighted by Gasteiger charge is -2.14. The van der Waals surface area contributed by atoms with Crippen LogP contribution in [0.15, 0.2) is 12.4 Å². The zero-order valence-corrected chi connectivity index (χ0v) is 8.71. The molecule has 0 radical (unpaired) electrons. The summed E-state index contributed by atoms with van der Waals surface area (Å²) in [4.78, 5) is 11.6. The van der Waals surface area contributed by atoms with Crippen LogP contribution in [-0.4, -0.2) is 22.1 Å². The van der Waals surface area contributed by atoms with E-state index in [9.17, 15) is 4.79 Å². The van der Waals surface area contributed by atoms with E-state index in [4.69, 9.17) is 0 Å². The molecule has 2 N–H and O–H groups in total. The monoisotopic (exact) mass is 195 g/mol. The maximum atomic E-state index is 11.6. The Hall–Kier alpha value is -1.32. The van der Waals surface area contributed by atoms with Gasteiger partial charge in [0, 0.05) is 12.2 Å². The fourth-order valence-corrected chi connectivity index (χ4v) is 1.37. The quantitative estimate of drug-likeness (QED) is 0.751. The smallest absolute Gasteiger partial charge is 0.254 e. The van der Waals surface area contributed by atoms with E-state index in [-0.39, 0.29) is 11.9 Å². The van der Waals surface area contributed by atoms with E-state index in [1.807, 2.05) is 0 Å². The number of hydrogen-bond donors (Lipinski definition) is 2. The van der Waals surface area contributed by atoms with Gasteiger partial charge in [0.25, 0.3) is 5.91 Å². The number of aromatic amines is 1. The van der Waals surface area contributed by atoms with Crippen molar-refractivity contribution in [2.24, 2.45) is 0 Å². The minimum Gasteiger partial charge on any atom is -0.349 e. The van der Waals surface area contributed by atoms with Crippen LogP contribution >= 0.6 is 0 Å². The van der Waals surface area contributed by atoms with Crippen LogP contribution in [0.25, 0.3) is 0 Å². The summed E-state index contributed by atoms with van der Waals surface area (Å²) >= 11 is 0. The van der Waals surface area contributed by atoms with Crippen LogP contribution in [0.5, 0.6) is 0 Å². The first kappa shape index (κ1) is 10.8. The summed E-state index contributed by atoms with van der Waals surface area (Å²) in [5.74, 6) is -0.0425. The Balaban J connectivity index is 2.47. The summed E-state index contributed by atoms with van der Waals surface area (Å²) in [6.07, 6.45) is 6.23. The zero-order valence-electron chi connectivity index (χ0n) is 8.71. The SMILES string of the molecule is CCCC(CC)NC(=O)c1cn[nH]c1. The van der Waals surface area contributed by atoms with Crippen LogP contribution in [-0.2, 0) is 0 Å². The van der Waals surface area contributed by atoms with Crippen molar-refractivity contribution >= 4 is 5.91 Å². The van der Waals surface area contributed by atoms with E-state index in [0.29, 0.717) is 5.56 Å². The maximum absolute atomic E-state index is 11.6. The van der Waals surface area contributed by atoms with E-state index >= 15 is 0 Å². The van der Waals surface area contributed by atoms with Crippen LogP contribution in [0.2, 0.25) is 0 Å².